The number of amides is 4. The first kappa shape index (κ1) is 29.6. The van der Waals surface area contributed by atoms with Crippen molar-refractivity contribution in [1.29, 1.82) is 0 Å². The molecule has 1 aromatic carbocycles. The van der Waals surface area contributed by atoms with E-state index < -0.39 is 17.6 Å². The first-order chi connectivity index (χ1) is 18.5. The topological polar surface area (TPSA) is 116 Å². The van der Waals surface area contributed by atoms with Gasteiger partial charge in [-0.1, -0.05) is 36.4 Å². The van der Waals surface area contributed by atoms with Gasteiger partial charge >= 0.3 is 12.1 Å². The molecule has 2 heterocycles. The number of nitrogens with one attached hydrogen (secondary N) is 3. The van der Waals surface area contributed by atoms with Crippen molar-refractivity contribution in [3.63, 3.8) is 0 Å². The van der Waals surface area contributed by atoms with Crippen LogP contribution < -0.4 is 16.0 Å². The molecule has 0 atom stereocenters. The standard InChI is InChI=1S/C28H36N6O4S/c1-28(2,3)38-27(37)32-24-19-39-18-23(24)31-25(35)22-12-11-21(16-29-22)17-34(14-13-33(4)5)26(36)30-15-20-9-7-6-8-10-20/h6-12,16,18-19H,13-15,17H2,1-5H3,(H,30,36)(H,31,35)(H,32,37). The lowest BCUT2D eigenvalue weighted by atomic mass is 10.2. The SMILES string of the molecule is CN(C)CCN(Cc1ccc(C(=O)Nc2cscc2NC(=O)OC(C)(C)C)nc1)C(=O)NCc1ccccc1. The monoisotopic (exact) mass is 552 g/mol. The molecule has 0 aliphatic rings. The number of carbonyl (C=O) groups is 3. The van der Waals surface area contributed by atoms with Gasteiger partial charge in [-0.25, -0.2) is 9.59 Å². The third-order valence-corrected chi connectivity index (χ3v) is 6.11. The lowest BCUT2D eigenvalue weighted by molar-refractivity contribution is 0.0635. The van der Waals surface area contributed by atoms with Gasteiger partial charge in [-0.05, 0) is 52.1 Å². The number of urea groups is 1. The Labute approximate surface area is 233 Å². The zero-order valence-corrected chi connectivity index (χ0v) is 23.8. The molecule has 4 amide bonds. The molecule has 0 saturated carbocycles. The van der Waals surface area contributed by atoms with Crippen molar-refractivity contribution in [3.05, 3.63) is 76.2 Å². The van der Waals surface area contributed by atoms with Crippen LogP contribution in [0, 0.1) is 0 Å². The zero-order chi connectivity index (χ0) is 28.4. The third-order valence-electron chi connectivity index (χ3n) is 5.37. The van der Waals surface area contributed by atoms with Crippen LogP contribution in [0.5, 0.6) is 0 Å². The van der Waals surface area contributed by atoms with E-state index in [9.17, 15) is 14.4 Å². The molecule has 0 aliphatic heterocycles. The number of anilines is 2. The quantitative estimate of drug-likeness (QED) is 0.325. The van der Waals surface area contributed by atoms with Crippen molar-refractivity contribution in [2.75, 3.05) is 37.8 Å². The number of benzene rings is 1. The fraction of sp³-hybridized carbons (Fsp3) is 0.357. The minimum absolute atomic E-state index is 0.176. The van der Waals surface area contributed by atoms with Crippen molar-refractivity contribution in [3.8, 4) is 0 Å². The molecular formula is C28H36N6O4S. The van der Waals surface area contributed by atoms with E-state index in [1.54, 1.807) is 54.8 Å². The Morgan fingerprint density at radius 3 is 2.23 bits per heavy atom. The maximum absolute atomic E-state index is 12.9. The molecule has 0 unspecified atom stereocenters. The van der Waals surface area contributed by atoms with Crippen LogP contribution in [0.15, 0.2) is 59.4 Å². The number of nitrogens with zero attached hydrogens (tertiary/aromatic N) is 3. The van der Waals surface area contributed by atoms with Crippen LogP contribution in [0.4, 0.5) is 21.0 Å². The van der Waals surface area contributed by atoms with E-state index in [0.717, 1.165) is 11.1 Å². The summed E-state index contributed by atoms with van der Waals surface area (Å²) < 4.78 is 5.28. The predicted molar refractivity (Wildman–Crippen MR) is 154 cm³/mol. The maximum atomic E-state index is 12.9. The Bertz CT molecular complexity index is 1240. The number of carbonyl (C=O) groups excluding carboxylic acids is 3. The molecule has 2 aromatic heterocycles. The van der Waals surface area contributed by atoms with E-state index in [4.69, 9.17) is 4.74 Å². The van der Waals surface area contributed by atoms with E-state index in [1.165, 1.54) is 11.3 Å². The molecule has 3 N–H and O–H groups in total. The molecule has 0 saturated heterocycles. The Balaban J connectivity index is 1.61. The van der Waals surface area contributed by atoms with E-state index in [0.29, 0.717) is 37.6 Å². The van der Waals surface area contributed by atoms with E-state index in [2.05, 4.69) is 20.9 Å². The minimum atomic E-state index is -0.639. The zero-order valence-electron chi connectivity index (χ0n) is 23.0. The number of hydrogen-bond donors (Lipinski definition) is 3. The lowest BCUT2D eigenvalue weighted by Gasteiger charge is -2.25. The molecule has 0 spiro atoms. The number of ether oxygens (including phenoxy) is 1. The van der Waals surface area contributed by atoms with Crippen molar-refractivity contribution in [2.45, 2.75) is 39.5 Å². The van der Waals surface area contributed by atoms with E-state index in [1.807, 2.05) is 49.3 Å². The molecule has 3 aromatic rings. The van der Waals surface area contributed by atoms with Crippen molar-refractivity contribution < 1.29 is 19.1 Å². The molecule has 0 fully saturated rings. The molecule has 0 aliphatic carbocycles. The summed E-state index contributed by atoms with van der Waals surface area (Å²) in [6.45, 7) is 7.33. The summed E-state index contributed by atoms with van der Waals surface area (Å²) in [7, 11) is 3.91. The molecule has 10 nitrogen and oxygen atoms in total. The molecular weight excluding hydrogens is 516 g/mol. The molecule has 11 heteroatoms. The third kappa shape index (κ3) is 10.0. The molecule has 208 valence electrons. The van der Waals surface area contributed by atoms with Gasteiger partial charge in [0.15, 0.2) is 0 Å². The first-order valence-electron chi connectivity index (χ1n) is 12.5. The van der Waals surface area contributed by atoms with Crippen LogP contribution in [-0.4, -0.2) is 65.6 Å². The molecule has 3 rings (SSSR count). The van der Waals surface area contributed by atoms with Crippen LogP contribution in [0.2, 0.25) is 0 Å². The number of hydrogen-bond acceptors (Lipinski definition) is 7. The normalized spacial score (nSPS) is 11.1. The highest BCUT2D eigenvalue weighted by Crippen LogP contribution is 2.27. The Hall–Kier alpha value is -3.96. The smallest absolute Gasteiger partial charge is 0.412 e. The van der Waals surface area contributed by atoms with Gasteiger partial charge < -0.3 is 25.2 Å². The van der Waals surface area contributed by atoms with Gasteiger partial charge in [0.1, 0.15) is 11.3 Å². The number of likely N-dealkylation sites (N-methyl/N-ethyl adjacent to an activating group) is 1. The van der Waals surface area contributed by atoms with Gasteiger partial charge in [0.05, 0.1) is 11.4 Å². The lowest BCUT2D eigenvalue weighted by Crippen LogP contribution is -2.42. The number of pyridine rings is 1. The average molecular weight is 553 g/mol. The van der Waals surface area contributed by atoms with Crippen molar-refractivity contribution >= 4 is 40.7 Å². The predicted octanol–water partition coefficient (Wildman–Crippen LogP) is 5.02. The van der Waals surface area contributed by atoms with Gasteiger partial charge in [0.2, 0.25) is 0 Å². The Morgan fingerprint density at radius 2 is 1.62 bits per heavy atom. The highest BCUT2D eigenvalue weighted by molar-refractivity contribution is 7.09. The van der Waals surface area contributed by atoms with Crippen LogP contribution in [0.1, 0.15) is 42.4 Å². The summed E-state index contributed by atoms with van der Waals surface area (Å²) in [5.41, 5.74) is 2.28. The summed E-state index contributed by atoms with van der Waals surface area (Å²) in [4.78, 5) is 45.9. The van der Waals surface area contributed by atoms with Crippen LogP contribution in [0.25, 0.3) is 0 Å². The fourth-order valence-electron chi connectivity index (χ4n) is 3.42. The average Bonchev–Trinajstić information content (AvgIpc) is 3.30. The second-order valence-corrected chi connectivity index (χ2v) is 10.9. The van der Waals surface area contributed by atoms with Crippen LogP contribution in [0.3, 0.4) is 0 Å². The van der Waals surface area contributed by atoms with E-state index in [-0.39, 0.29) is 11.7 Å². The second-order valence-electron chi connectivity index (χ2n) is 10.2. The summed E-state index contributed by atoms with van der Waals surface area (Å²) in [5.74, 6) is -0.419. The number of thiophene rings is 1. The fourth-order valence-corrected chi connectivity index (χ4v) is 4.13. The summed E-state index contributed by atoms with van der Waals surface area (Å²) in [6, 6.07) is 13.0. The molecule has 39 heavy (non-hydrogen) atoms. The highest BCUT2D eigenvalue weighted by atomic mass is 32.1. The molecule has 0 bridgehead atoms. The Morgan fingerprint density at radius 1 is 0.923 bits per heavy atom. The minimum Gasteiger partial charge on any atom is -0.444 e. The Kier molecular flexibility index (Phi) is 10.4. The summed E-state index contributed by atoms with van der Waals surface area (Å²) >= 11 is 1.33. The van der Waals surface area contributed by atoms with Gasteiger partial charge in [0, 0.05) is 43.1 Å². The first-order valence-corrected chi connectivity index (χ1v) is 13.5. The van der Waals surface area contributed by atoms with Gasteiger partial charge in [-0.2, -0.15) is 0 Å². The van der Waals surface area contributed by atoms with Gasteiger partial charge in [0.25, 0.3) is 5.91 Å². The second kappa shape index (κ2) is 13.7. The summed E-state index contributed by atoms with van der Waals surface area (Å²) in [6.07, 6.45) is 0.987. The molecule has 0 radical (unpaired) electrons. The largest absolute Gasteiger partial charge is 0.444 e. The van der Waals surface area contributed by atoms with Crippen molar-refractivity contribution in [1.82, 2.24) is 20.1 Å². The number of rotatable bonds is 10. The van der Waals surface area contributed by atoms with Gasteiger partial charge in [-0.15, -0.1) is 11.3 Å². The van der Waals surface area contributed by atoms with Crippen molar-refractivity contribution in [2.24, 2.45) is 0 Å². The number of aromatic nitrogens is 1. The van der Waals surface area contributed by atoms with E-state index >= 15 is 0 Å². The summed E-state index contributed by atoms with van der Waals surface area (Å²) in [5, 5.41) is 11.8. The highest BCUT2D eigenvalue weighted by Gasteiger charge is 2.19. The maximum Gasteiger partial charge on any atom is 0.412 e. The van der Waals surface area contributed by atoms with Crippen LogP contribution in [-0.2, 0) is 17.8 Å². The van der Waals surface area contributed by atoms with Crippen LogP contribution >= 0.6 is 11.3 Å². The van der Waals surface area contributed by atoms with Gasteiger partial charge in [-0.3, -0.25) is 15.1 Å².